The number of nitrogens with one attached hydrogen (secondary N) is 1. The fourth-order valence-corrected chi connectivity index (χ4v) is 3.79. The van der Waals surface area contributed by atoms with Crippen LogP contribution in [0.2, 0.25) is 0 Å². The van der Waals surface area contributed by atoms with Gasteiger partial charge in [-0.25, -0.2) is 0 Å². The number of rotatable bonds is 5. The zero-order chi connectivity index (χ0) is 13.0. The van der Waals surface area contributed by atoms with Gasteiger partial charge in [0.05, 0.1) is 8.66 Å². The first-order chi connectivity index (χ1) is 7.99. The molecule has 0 aliphatic rings. The molecule has 1 rings (SSSR count). The van der Waals surface area contributed by atoms with Crippen molar-refractivity contribution >= 4 is 49.1 Å². The van der Waals surface area contributed by atoms with Gasteiger partial charge in [-0.1, -0.05) is 26.7 Å². The lowest BCUT2D eigenvalue weighted by atomic mass is 9.95. The highest BCUT2D eigenvalue weighted by atomic mass is 79.9. The van der Waals surface area contributed by atoms with Crippen LogP contribution in [-0.4, -0.2) is 11.9 Å². The molecule has 0 spiro atoms. The standard InChI is InChI=1S/C12H17Br2NOS/c1-4-8(5-2)7(3)15-12(16)10-6-9(13)11(14)17-10/h6-8H,4-5H2,1-3H3,(H,15,16). The van der Waals surface area contributed by atoms with Crippen LogP contribution in [0.25, 0.3) is 0 Å². The molecular formula is C12H17Br2NOS. The molecule has 1 aromatic rings. The number of hydrogen-bond acceptors (Lipinski definition) is 2. The molecule has 0 aromatic carbocycles. The third-order valence-corrected chi connectivity index (χ3v) is 6.24. The van der Waals surface area contributed by atoms with Gasteiger partial charge in [0.2, 0.25) is 0 Å². The highest BCUT2D eigenvalue weighted by molar-refractivity contribution is 9.13. The maximum absolute atomic E-state index is 12.0. The Hall–Kier alpha value is 0.130. The summed E-state index contributed by atoms with van der Waals surface area (Å²) in [6.45, 7) is 6.40. The van der Waals surface area contributed by atoms with Crippen LogP contribution in [0.4, 0.5) is 0 Å². The Morgan fingerprint density at radius 1 is 1.41 bits per heavy atom. The van der Waals surface area contributed by atoms with Crippen LogP contribution in [0.15, 0.2) is 14.3 Å². The van der Waals surface area contributed by atoms with E-state index >= 15 is 0 Å². The van der Waals surface area contributed by atoms with Crippen LogP contribution < -0.4 is 5.32 Å². The Bertz CT molecular complexity index is 368. The molecule has 2 nitrogen and oxygen atoms in total. The van der Waals surface area contributed by atoms with Gasteiger partial charge in [0.15, 0.2) is 0 Å². The highest BCUT2D eigenvalue weighted by Gasteiger charge is 2.18. The molecule has 1 aromatic heterocycles. The van der Waals surface area contributed by atoms with E-state index < -0.39 is 0 Å². The fourth-order valence-electron chi connectivity index (χ4n) is 1.85. The van der Waals surface area contributed by atoms with Gasteiger partial charge in [0.25, 0.3) is 5.91 Å². The molecule has 1 amide bonds. The zero-order valence-electron chi connectivity index (χ0n) is 10.2. The van der Waals surface area contributed by atoms with Gasteiger partial charge in [-0.15, -0.1) is 11.3 Å². The second kappa shape index (κ2) is 6.90. The van der Waals surface area contributed by atoms with Crippen molar-refractivity contribution < 1.29 is 4.79 Å². The van der Waals surface area contributed by atoms with Gasteiger partial charge in [0.1, 0.15) is 0 Å². The summed E-state index contributed by atoms with van der Waals surface area (Å²) in [6, 6.07) is 2.07. The van der Waals surface area contributed by atoms with Crippen LogP contribution >= 0.6 is 43.2 Å². The summed E-state index contributed by atoms with van der Waals surface area (Å²) in [7, 11) is 0. The summed E-state index contributed by atoms with van der Waals surface area (Å²) >= 11 is 8.24. The van der Waals surface area contributed by atoms with Crippen LogP contribution in [0.1, 0.15) is 43.3 Å². The number of carbonyl (C=O) groups is 1. The molecular weight excluding hydrogens is 366 g/mol. The summed E-state index contributed by atoms with van der Waals surface area (Å²) < 4.78 is 1.89. The van der Waals surface area contributed by atoms with Gasteiger partial charge in [0, 0.05) is 10.5 Å². The SMILES string of the molecule is CCC(CC)C(C)NC(=O)c1cc(Br)c(Br)s1. The van der Waals surface area contributed by atoms with Crippen molar-refractivity contribution in [1.29, 1.82) is 0 Å². The summed E-state index contributed by atoms with van der Waals surface area (Å²) in [5.74, 6) is 0.562. The Balaban J connectivity index is 2.66. The largest absolute Gasteiger partial charge is 0.349 e. The molecule has 1 heterocycles. The van der Waals surface area contributed by atoms with Gasteiger partial charge < -0.3 is 5.32 Å². The normalized spacial score (nSPS) is 12.8. The van der Waals surface area contributed by atoms with Crippen molar-refractivity contribution in [2.24, 2.45) is 5.92 Å². The summed E-state index contributed by atoms with van der Waals surface area (Å²) in [5.41, 5.74) is 0. The van der Waals surface area contributed by atoms with Gasteiger partial charge in [-0.3, -0.25) is 4.79 Å². The first-order valence-electron chi connectivity index (χ1n) is 5.75. The predicted octanol–water partition coefficient (Wildman–Crippen LogP) is 4.83. The molecule has 1 N–H and O–H groups in total. The Morgan fingerprint density at radius 3 is 2.41 bits per heavy atom. The van der Waals surface area contributed by atoms with E-state index in [2.05, 4.69) is 57.9 Å². The zero-order valence-corrected chi connectivity index (χ0v) is 14.2. The molecule has 0 aliphatic heterocycles. The lowest BCUT2D eigenvalue weighted by Gasteiger charge is -2.22. The van der Waals surface area contributed by atoms with E-state index in [1.807, 2.05) is 6.07 Å². The van der Waals surface area contributed by atoms with E-state index in [1.165, 1.54) is 11.3 Å². The molecule has 0 saturated carbocycles. The predicted molar refractivity (Wildman–Crippen MR) is 80.7 cm³/mol. The summed E-state index contributed by atoms with van der Waals surface area (Å²) in [4.78, 5) is 12.8. The van der Waals surface area contributed by atoms with E-state index in [0.717, 1.165) is 26.0 Å². The number of carbonyl (C=O) groups excluding carboxylic acids is 1. The van der Waals surface area contributed by atoms with Crippen molar-refractivity contribution in [3.05, 3.63) is 19.2 Å². The smallest absolute Gasteiger partial charge is 0.261 e. The average Bonchev–Trinajstić information content (AvgIpc) is 2.61. The maximum Gasteiger partial charge on any atom is 0.261 e. The summed E-state index contributed by atoms with van der Waals surface area (Å²) in [6.07, 6.45) is 2.19. The van der Waals surface area contributed by atoms with Gasteiger partial charge in [-0.2, -0.15) is 0 Å². The first kappa shape index (κ1) is 15.2. The maximum atomic E-state index is 12.0. The van der Waals surface area contributed by atoms with E-state index in [9.17, 15) is 4.79 Å². The van der Waals surface area contributed by atoms with Gasteiger partial charge in [-0.05, 0) is 50.8 Å². The molecule has 17 heavy (non-hydrogen) atoms. The van der Waals surface area contributed by atoms with Crippen molar-refractivity contribution in [3.8, 4) is 0 Å². The number of halogens is 2. The van der Waals surface area contributed by atoms with Crippen molar-refractivity contribution in [2.45, 2.75) is 39.7 Å². The summed E-state index contributed by atoms with van der Waals surface area (Å²) in [5, 5.41) is 3.07. The molecule has 0 radical (unpaired) electrons. The van der Waals surface area contributed by atoms with Crippen LogP contribution in [0.3, 0.4) is 0 Å². The van der Waals surface area contributed by atoms with Crippen molar-refractivity contribution in [1.82, 2.24) is 5.32 Å². The number of amides is 1. The average molecular weight is 383 g/mol. The quantitative estimate of drug-likeness (QED) is 0.776. The first-order valence-corrected chi connectivity index (χ1v) is 8.15. The molecule has 0 bridgehead atoms. The molecule has 0 saturated heterocycles. The monoisotopic (exact) mass is 381 g/mol. The molecule has 0 aliphatic carbocycles. The van der Waals surface area contributed by atoms with E-state index in [4.69, 9.17) is 0 Å². The number of thiophene rings is 1. The Labute approximate surface area is 123 Å². The second-order valence-corrected chi connectivity index (χ2v) is 7.30. The van der Waals surface area contributed by atoms with Crippen LogP contribution in [-0.2, 0) is 0 Å². The molecule has 0 fully saturated rings. The third kappa shape index (κ3) is 4.07. The number of hydrogen-bond donors (Lipinski definition) is 1. The van der Waals surface area contributed by atoms with E-state index in [-0.39, 0.29) is 11.9 Å². The molecule has 1 atom stereocenters. The molecule has 5 heteroatoms. The topological polar surface area (TPSA) is 29.1 Å². The second-order valence-electron chi connectivity index (χ2n) is 4.07. The lowest BCUT2D eigenvalue weighted by Crippen LogP contribution is -2.37. The molecule has 1 unspecified atom stereocenters. The van der Waals surface area contributed by atoms with Crippen LogP contribution in [0.5, 0.6) is 0 Å². The Kier molecular flexibility index (Phi) is 6.17. The van der Waals surface area contributed by atoms with E-state index in [1.54, 1.807) is 0 Å². The van der Waals surface area contributed by atoms with Crippen LogP contribution in [0, 0.1) is 5.92 Å². The fraction of sp³-hybridized carbons (Fsp3) is 0.583. The van der Waals surface area contributed by atoms with Crippen molar-refractivity contribution in [3.63, 3.8) is 0 Å². The third-order valence-electron chi connectivity index (χ3n) is 2.98. The minimum atomic E-state index is 0.0146. The molecule has 96 valence electrons. The highest BCUT2D eigenvalue weighted by Crippen LogP contribution is 2.32. The van der Waals surface area contributed by atoms with Gasteiger partial charge >= 0.3 is 0 Å². The Morgan fingerprint density at radius 2 is 2.00 bits per heavy atom. The minimum absolute atomic E-state index is 0.0146. The van der Waals surface area contributed by atoms with Crippen molar-refractivity contribution in [2.75, 3.05) is 0 Å². The lowest BCUT2D eigenvalue weighted by molar-refractivity contribution is 0.0929. The minimum Gasteiger partial charge on any atom is -0.349 e. The van der Waals surface area contributed by atoms with E-state index in [0.29, 0.717) is 5.92 Å².